The van der Waals surface area contributed by atoms with Crippen molar-refractivity contribution in [3.05, 3.63) is 50.0 Å². The van der Waals surface area contributed by atoms with Crippen molar-refractivity contribution < 1.29 is 4.92 Å². The first-order valence-corrected chi connectivity index (χ1v) is 6.62. The topological polar surface area (TPSA) is 94.1 Å². The van der Waals surface area contributed by atoms with Crippen LogP contribution in [0.3, 0.4) is 0 Å². The molecule has 0 radical (unpaired) electrons. The third-order valence-corrected chi connectivity index (χ3v) is 4.04. The smallest absolute Gasteiger partial charge is 0.311 e. The molecule has 0 saturated carbocycles. The van der Waals surface area contributed by atoms with E-state index >= 15 is 0 Å². The molecule has 0 aliphatic carbocycles. The zero-order valence-corrected chi connectivity index (χ0v) is 12.6. The van der Waals surface area contributed by atoms with Crippen LogP contribution in [0.25, 0.3) is 0 Å². The predicted molar refractivity (Wildman–Crippen MR) is 82.2 cm³/mol. The third-order valence-electron chi connectivity index (χ3n) is 2.79. The maximum Gasteiger partial charge on any atom is 0.311 e. The van der Waals surface area contributed by atoms with Crippen molar-refractivity contribution in [1.29, 1.82) is 0 Å². The first kappa shape index (κ1) is 14.3. The number of hydrogen-bond donors (Lipinski definition) is 2. The number of pyridine rings is 1. The number of halogens is 1. The second-order valence-corrected chi connectivity index (χ2v) is 5.20. The first-order chi connectivity index (χ1) is 9.38. The molecule has 2 rings (SSSR count). The molecule has 1 aromatic heterocycles. The Morgan fingerprint density at radius 2 is 1.90 bits per heavy atom. The molecule has 0 spiro atoms. The summed E-state index contributed by atoms with van der Waals surface area (Å²) in [5.41, 5.74) is 8.25. The van der Waals surface area contributed by atoms with Gasteiger partial charge in [0.05, 0.1) is 4.92 Å². The summed E-state index contributed by atoms with van der Waals surface area (Å²) in [6, 6.07) is 6.50. The van der Waals surface area contributed by atoms with E-state index in [4.69, 9.17) is 5.73 Å². The minimum absolute atomic E-state index is 0.113. The zero-order chi connectivity index (χ0) is 14.9. The Morgan fingerprint density at radius 3 is 2.45 bits per heavy atom. The molecule has 0 amide bonds. The highest BCUT2D eigenvalue weighted by molar-refractivity contribution is 9.10. The van der Waals surface area contributed by atoms with Crippen molar-refractivity contribution in [2.45, 2.75) is 13.8 Å². The van der Waals surface area contributed by atoms with Crippen LogP contribution in [0.15, 0.2) is 28.7 Å². The van der Waals surface area contributed by atoms with Gasteiger partial charge in [0, 0.05) is 16.2 Å². The zero-order valence-electron chi connectivity index (χ0n) is 11.0. The van der Waals surface area contributed by atoms with Gasteiger partial charge in [0.15, 0.2) is 0 Å². The second kappa shape index (κ2) is 5.46. The van der Waals surface area contributed by atoms with E-state index < -0.39 is 4.92 Å². The molecule has 0 aliphatic rings. The van der Waals surface area contributed by atoms with Crippen molar-refractivity contribution in [2.24, 2.45) is 0 Å². The fourth-order valence-corrected chi connectivity index (χ4v) is 2.09. The van der Waals surface area contributed by atoms with Gasteiger partial charge in [0.1, 0.15) is 5.82 Å². The number of rotatable bonds is 3. The van der Waals surface area contributed by atoms with Gasteiger partial charge in [0.25, 0.3) is 0 Å². The number of benzene rings is 1. The Hall–Kier alpha value is -2.15. The molecule has 0 atom stereocenters. The molecule has 7 heteroatoms. The van der Waals surface area contributed by atoms with Gasteiger partial charge in [-0.1, -0.05) is 15.9 Å². The van der Waals surface area contributed by atoms with Gasteiger partial charge in [-0.3, -0.25) is 10.1 Å². The van der Waals surface area contributed by atoms with Crippen molar-refractivity contribution in [3.8, 4) is 0 Å². The fourth-order valence-electron chi connectivity index (χ4n) is 1.86. The van der Waals surface area contributed by atoms with Crippen LogP contribution >= 0.6 is 15.9 Å². The van der Waals surface area contributed by atoms with Gasteiger partial charge in [-0.25, -0.2) is 4.98 Å². The van der Waals surface area contributed by atoms with Crippen LogP contribution in [-0.2, 0) is 0 Å². The molecule has 1 heterocycles. The molecule has 2 aromatic rings. The molecule has 3 N–H and O–H groups in total. The summed E-state index contributed by atoms with van der Waals surface area (Å²) < 4.78 is 1.01. The quantitative estimate of drug-likeness (QED) is 0.658. The Morgan fingerprint density at radius 1 is 1.30 bits per heavy atom. The van der Waals surface area contributed by atoms with Crippen LogP contribution in [-0.4, -0.2) is 9.91 Å². The van der Waals surface area contributed by atoms with E-state index in [2.05, 4.69) is 26.2 Å². The summed E-state index contributed by atoms with van der Waals surface area (Å²) in [4.78, 5) is 14.5. The van der Waals surface area contributed by atoms with Gasteiger partial charge < -0.3 is 11.1 Å². The summed E-state index contributed by atoms with van der Waals surface area (Å²) in [6.45, 7) is 3.90. The third kappa shape index (κ3) is 2.88. The highest BCUT2D eigenvalue weighted by atomic mass is 79.9. The van der Waals surface area contributed by atoms with Crippen molar-refractivity contribution in [2.75, 3.05) is 11.1 Å². The molecule has 104 valence electrons. The number of hydrogen-bond acceptors (Lipinski definition) is 5. The summed E-state index contributed by atoms with van der Waals surface area (Å²) in [5, 5.41) is 13.9. The summed E-state index contributed by atoms with van der Waals surface area (Å²) >= 11 is 3.48. The van der Waals surface area contributed by atoms with Gasteiger partial charge in [-0.15, -0.1) is 0 Å². The van der Waals surface area contributed by atoms with Crippen LogP contribution in [0.4, 0.5) is 23.0 Å². The number of nitrogens with zero attached hydrogens (tertiary/aromatic N) is 2. The number of aromatic nitrogens is 1. The van der Waals surface area contributed by atoms with E-state index in [1.54, 1.807) is 0 Å². The van der Waals surface area contributed by atoms with Crippen molar-refractivity contribution in [1.82, 2.24) is 4.98 Å². The van der Waals surface area contributed by atoms with Crippen molar-refractivity contribution >= 4 is 38.9 Å². The fraction of sp³-hybridized carbons (Fsp3) is 0.154. The molecule has 0 fully saturated rings. The van der Waals surface area contributed by atoms with Gasteiger partial charge >= 0.3 is 5.69 Å². The average Bonchev–Trinajstić information content (AvgIpc) is 2.35. The lowest BCUT2D eigenvalue weighted by Crippen LogP contribution is -2.02. The largest absolute Gasteiger partial charge is 0.384 e. The minimum atomic E-state index is -0.493. The number of nitrogens with one attached hydrogen (secondary N) is 1. The SMILES string of the molecule is Cc1cc(Nc2nc(N)ccc2[N+](=O)[O-])cc(C)c1Br. The molecule has 1 aromatic carbocycles. The number of nitrogens with two attached hydrogens (primary N) is 1. The summed E-state index contributed by atoms with van der Waals surface area (Å²) in [6.07, 6.45) is 0. The molecule has 20 heavy (non-hydrogen) atoms. The molecule has 0 saturated heterocycles. The van der Waals surface area contributed by atoms with Gasteiger partial charge in [-0.05, 0) is 43.2 Å². The molecule has 0 aliphatic heterocycles. The Balaban J connectivity index is 2.44. The maximum atomic E-state index is 11.0. The lowest BCUT2D eigenvalue weighted by atomic mass is 10.1. The van der Waals surface area contributed by atoms with E-state index in [0.29, 0.717) is 0 Å². The van der Waals surface area contributed by atoms with Crippen LogP contribution in [0, 0.1) is 24.0 Å². The van der Waals surface area contributed by atoms with Crippen LogP contribution in [0.2, 0.25) is 0 Å². The van der Waals surface area contributed by atoms with E-state index in [1.807, 2.05) is 26.0 Å². The minimum Gasteiger partial charge on any atom is -0.384 e. The lowest BCUT2D eigenvalue weighted by molar-refractivity contribution is -0.384. The van der Waals surface area contributed by atoms with Crippen molar-refractivity contribution in [3.63, 3.8) is 0 Å². The Kier molecular flexibility index (Phi) is 3.89. The van der Waals surface area contributed by atoms with E-state index in [9.17, 15) is 10.1 Å². The van der Waals surface area contributed by atoms with Crippen LogP contribution in [0.5, 0.6) is 0 Å². The highest BCUT2D eigenvalue weighted by Gasteiger charge is 2.16. The van der Waals surface area contributed by atoms with Gasteiger partial charge in [0.2, 0.25) is 5.82 Å². The van der Waals surface area contributed by atoms with Crippen LogP contribution < -0.4 is 11.1 Å². The normalized spacial score (nSPS) is 10.3. The lowest BCUT2D eigenvalue weighted by Gasteiger charge is -2.10. The Labute approximate surface area is 124 Å². The molecule has 6 nitrogen and oxygen atoms in total. The second-order valence-electron chi connectivity index (χ2n) is 4.41. The summed E-state index contributed by atoms with van der Waals surface area (Å²) in [5.74, 6) is 0.361. The highest BCUT2D eigenvalue weighted by Crippen LogP contribution is 2.30. The summed E-state index contributed by atoms with van der Waals surface area (Å²) in [7, 11) is 0. The number of nitrogen functional groups attached to an aromatic ring is 1. The maximum absolute atomic E-state index is 11.0. The Bertz CT molecular complexity index is 665. The predicted octanol–water partition coefficient (Wildman–Crippen LogP) is 3.69. The molecule has 0 unspecified atom stereocenters. The molecular formula is C13H13BrN4O2. The van der Waals surface area contributed by atoms with Crippen LogP contribution in [0.1, 0.15) is 11.1 Å². The number of anilines is 3. The van der Waals surface area contributed by atoms with E-state index in [0.717, 1.165) is 21.3 Å². The first-order valence-electron chi connectivity index (χ1n) is 5.83. The number of aryl methyl sites for hydroxylation is 2. The molecule has 0 bridgehead atoms. The standard InChI is InChI=1S/C13H13BrN4O2/c1-7-5-9(6-8(2)12(7)14)16-13-10(18(19)20)3-4-11(15)17-13/h3-6H,1-2H3,(H3,15,16,17). The molecular weight excluding hydrogens is 324 g/mol. The van der Waals surface area contributed by atoms with Gasteiger partial charge in [-0.2, -0.15) is 0 Å². The number of nitro groups is 1. The average molecular weight is 337 g/mol. The van der Waals surface area contributed by atoms with E-state index in [1.165, 1.54) is 12.1 Å². The monoisotopic (exact) mass is 336 g/mol. The van der Waals surface area contributed by atoms with E-state index in [-0.39, 0.29) is 17.3 Å².